The normalized spacial score (nSPS) is 20.3. The third-order valence-corrected chi connectivity index (χ3v) is 16.3. The van der Waals surface area contributed by atoms with Crippen molar-refractivity contribution in [2.75, 3.05) is 101 Å². The van der Waals surface area contributed by atoms with Crippen LogP contribution in [0.15, 0.2) is 112 Å². The fraction of sp³-hybridized carbons (Fsp3) is 0.460. The number of nitrogens with one attached hydrogen (secondary N) is 3. The maximum Gasteiger partial charge on any atom is 0.293 e. The third-order valence-electron chi connectivity index (χ3n) is 13.6. The van der Waals surface area contributed by atoms with Crippen LogP contribution >= 0.6 is 35.8 Å². The zero-order valence-corrected chi connectivity index (χ0v) is 41.5. The van der Waals surface area contributed by atoms with E-state index in [2.05, 4.69) is 54.0 Å². The first-order chi connectivity index (χ1) is 31.9. The first kappa shape index (κ1) is 50.7. The highest BCUT2D eigenvalue weighted by molar-refractivity contribution is 7.99. The maximum absolute atomic E-state index is 13.6. The number of rotatable bonds is 18. The molecular formula is C50H64Cl2N8O5S2. The number of nitro benzene ring substituents is 1. The number of hydrogen-bond acceptors (Lipinski definition) is 12. The maximum atomic E-state index is 13.6. The summed E-state index contributed by atoms with van der Waals surface area (Å²) in [5.41, 5.74) is 5.46. The Morgan fingerprint density at radius 2 is 1.58 bits per heavy atom. The van der Waals surface area contributed by atoms with Crippen LogP contribution in [0.5, 0.6) is 0 Å². The molecule has 1 aliphatic carbocycles. The van der Waals surface area contributed by atoms with E-state index in [0.29, 0.717) is 5.75 Å². The highest BCUT2D eigenvalue weighted by atomic mass is 35.5. The summed E-state index contributed by atoms with van der Waals surface area (Å²) in [7, 11) is -4.44. The minimum atomic E-state index is -4.44. The molecule has 17 heteroatoms. The van der Waals surface area contributed by atoms with Gasteiger partial charge in [-0.05, 0) is 129 Å². The van der Waals surface area contributed by atoms with Gasteiger partial charge in [0.1, 0.15) is 5.69 Å². The minimum absolute atomic E-state index is 0. The van der Waals surface area contributed by atoms with Crippen LogP contribution in [0.3, 0.4) is 0 Å². The van der Waals surface area contributed by atoms with Gasteiger partial charge in [-0.15, -0.1) is 24.2 Å². The third kappa shape index (κ3) is 13.7. The van der Waals surface area contributed by atoms with Crippen LogP contribution in [0.2, 0.25) is 5.02 Å². The van der Waals surface area contributed by atoms with Gasteiger partial charge in [0, 0.05) is 111 Å². The average Bonchev–Trinajstić information content (AvgIpc) is 3.85. The second kappa shape index (κ2) is 23.4. The van der Waals surface area contributed by atoms with E-state index >= 15 is 0 Å². The Labute approximate surface area is 411 Å². The molecule has 4 aromatic carbocycles. The van der Waals surface area contributed by atoms with Crippen LogP contribution in [-0.2, 0) is 10.0 Å². The smallest absolute Gasteiger partial charge is 0.293 e. The Kier molecular flexibility index (Phi) is 17.7. The van der Waals surface area contributed by atoms with Gasteiger partial charge in [-0.25, -0.2) is 13.1 Å². The summed E-state index contributed by atoms with van der Waals surface area (Å²) in [4.78, 5) is 35.8. The number of benzene rings is 4. The molecule has 0 bridgehead atoms. The molecule has 0 aromatic heterocycles. The van der Waals surface area contributed by atoms with E-state index in [1.165, 1.54) is 41.7 Å². The molecule has 3 aliphatic heterocycles. The van der Waals surface area contributed by atoms with Crippen LogP contribution in [0.25, 0.3) is 5.57 Å². The van der Waals surface area contributed by atoms with Crippen LogP contribution in [0, 0.1) is 15.5 Å². The number of thioether (sulfide) groups is 1. The molecule has 3 heterocycles. The number of carbonyl (C=O) groups excluding carboxylic acids is 1. The molecule has 13 nitrogen and oxygen atoms in total. The van der Waals surface area contributed by atoms with Gasteiger partial charge in [0.15, 0.2) is 0 Å². The summed E-state index contributed by atoms with van der Waals surface area (Å²) < 4.78 is 29.2. The molecule has 0 spiro atoms. The average molecular weight is 992 g/mol. The van der Waals surface area contributed by atoms with Crippen molar-refractivity contribution in [1.82, 2.24) is 24.7 Å². The van der Waals surface area contributed by atoms with Crippen molar-refractivity contribution in [3.8, 4) is 0 Å². The standard InChI is InChI=1S/C50H63ClN8O5S2.ClH/c1-50(37-57-27-22-52-23-28-57)21-19-46(38-9-13-41(51)14-10-38)40(34-50)35-56-29-31-58(32-30-56)43-15-11-39(12-16-43)49(60)54-66(63,64)45-17-18-47(48(33-45)59(61)62)53-42(20-26-55-24-5-6-25-55)36-65-44-7-3-2-4-8-44;/h2-4,7-18,33,42,52-53H,5-6,19-32,34-37H2,1H3,(H,54,60);1H/t42-,50?;/m1./s1. The molecule has 67 heavy (non-hydrogen) atoms. The molecule has 4 aromatic rings. The van der Waals surface area contributed by atoms with Gasteiger partial charge in [-0.3, -0.25) is 19.8 Å². The van der Waals surface area contributed by atoms with Crippen LogP contribution in [-0.4, -0.2) is 131 Å². The highest BCUT2D eigenvalue weighted by Gasteiger charge is 2.35. The number of likely N-dealkylation sites (tertiary alicyclic amines) is 1. The fourth-order valence-corrected chi connectivity index (χ4v) is 12.0. The van der Waals surface area contributed by atoms with Gasteiger partial charge in [0.2, 0.25) is 0 Å². The lowest BCUT2D eigenvalue weighted by atomic mass is 9.71. The number of carbonyl (C=O) groups is 1. The SMILES string of the molecule is CC1(CN2CCNCC2)CCC(c2ccc(Cl)cc2)=C(CN2CCN(c3ccc(C(=O)NS(=O)(=O)c4ccc(N[C@H](CCN5CCCC5)CSc5ccccc5)c([N+](=O)[O-])c4)cc3)CC2)C1.Cl. The van der Waals surface area contributed by atoms with E-state index in [1.807, 2.05) is 54.6 Å². The van der Waals surface area contributed by atoms with Gasteiger partial charge in [0.05, 0.1) is 9.82 Å². The van der Waals surface area contributed by atoms with Gasteiger partial charge < -0.3 is 25.3 Å². The Bertz CT molecular complexity index is 2430. The van der Waals surface area contributed by atoms with E-state index < -0.39 is 20.9 Å². The molecule has 3 saturated heterocycles. The molecule has 8 rings (SSSR count). The fourth-order valence-electron chi connectivity index (χ4n) is 9.93. The monoisotopic (exact) mass is 990 g/mol. The lowest BCUT2D eigenvalue weighted by molar-refractivity contribution is -0.384. The predicted octanol–water partition coefficient (Wildman–Crippen LogP) is 8.52. The molecule has 2 atom stereocenters. The summed E-state index contributed by atoms with van der Waals surface area (Å²) in [5, 5.41) is 20.0. The number of amides is 1. The summed E-state index contributed by atoms with van der Waals surface area (Å²) in [5.74, 6) is -0.139. The van der Waals surface area contributed by atoms with Crippen molar-refractivity contribution in [3.63, 3.8) is 0 Å². The number of halogens is 2. The van der Waals surface area contributed by atoms with Crippen LogP contribution in [0.1, 0.15) is 61.4 Å². The summed E-state index contributed by atoms with van der Waals surface area (Å²) in [6, 6.07) is 28.9. The molecule has 0 radical (unpaired) electrons. The van der Waals surface area contributed by atoms with Crippen molar-refractivity contribution >= 4 is 74.3 Å². The zero-order chi connectivity index (χ0) is 46.1. The summed E-state index contributed by atoms with van der Waals surface area (Å²) in [6.07, 6.45) is 6.40. The molecule has 3 fully saturated rings. The van der Waals surface area contributed by atoms with Crippen molar-refractivity contribution in [1.29, 1.82) is 0 Å². The topological polar surface area (TPSA) is 143 Å². The van der Waals surface area contributed by atoms with Crippen molar-refractivity contribution in [3.05, 3.63) is 129 Å². The Balaban J connectivity index is 0.00000666. The molecule has 3 N–H and O–H groups in total. The van der Waals surface area contributed by atoms with Crippen molar-refractivity contribution < 1.29 is 18.1 Å². The molecule has 360 valence electrons. The lowest BCUT2D eigenvalue weighted by Crippen LogP contribution is -2.49. The first-order valence-corrected chi connectivity index (χ1v) is 26.2. The van der Waals surface area contributed by atoms with Crippen LogP contribution in [0.4, 0.5) is 17.1 Å². The minimum Gasteiger partial charge on any atom is -0.376 e. The van der Waals surface area contributed by atoms with E-state index in [9.17, 15) is 23.3 Å². The Morgan fingerprint density at radius 1 is 0.881 bits per heavy atom. The highest BCUT2D eigenvalue weighted by Crippen LogP contribution is 2.44. The van der Waals surface area contributed by atoms with Gasteiger partial charge in [-0.2, -0.15) is 0 Å². The van der Waals surface area contributed by atoms with Gasteiger partial charge >= 0.3 is 0 Å². The second-order valence-corrected chi connectivity index (χ2v) is 21.8. The van der Waals surface area contributed by atoms with E-state index in [1.54, 1.807) is 23.9 Å². The van der Waals surface area contributed by atoms with E-state index in [-0.39, 0.29) is 45.7 Å². The Morgan fingerprint density at radius 3 is 2.27 bits per heavy atom. The molecule has 1 amide bonds. The number of allylic oxidation sites excluding steroid dienone is 1. The largest absolute Gasteiger partial charge is 0.376 e. The van der Waals surface area contributed by atoms with Crippen molar-refractivity contribution in [2.45, 2.75) is 61.3 Å². The van der Waals surface area contributed by atoms with E-state index in [4.69, 9.17) is 11.6 Å². The predicted molar refractivity (Wildman–Crippen MR) is 275 cm³/mol. The number of anilines is 2. The summed E-state index contributed by atoms with van der Waals surface area (Å²) in [6.45, 7) is 15.2. The second-order valence-electron chi connectivity index (χ2n) is 18.6. The number of hydrogen-bond donors (Lipinski definition) is 3. The summed E-state index contributed by atoms with van der Waals surface area (Å²) >= 11 is 7.97. The van der Waals surface area contributed by atoms with E-state index in [0.717, 1.165) is 132 Å². The number of piperazine rings is 2. The molecule has 4 aliphatic rings. The first-order valence-electron chi connectivity index (χ1n) is 23.4. The number of nitro groups is 1. The molecule has 0 saturated carbocycles. The molecule has 1 unspecified atom stereocenters. The van der Waals surface area contributed by atoms with Crippen molar-refractivity contribution in [2.24, 2.45) is 5.41 Å². The quantitative estimate of drug-likeness (QED) is 0.0500. The lowest BCUT2D eigenvalue weighted by Gasteiger charge is -2.43. The van der Waals surface area contributed by atoms with Gasteiger partial charge in [-0.1, -0.05) is 54.4 Å². The number of sulfonamides is 1. The molecular weight excluding hydrogens is 928 g/mol. The number of nitrogens with zero attached hydrogens (tertiary/aromatic N) is 5. The van der Waals surface area contributed by atoms with Crippen LogP contribution < -0.4 is 20.3 Å². The Hall–Kier alpha value is -4.19. The zero-order valence-electron chi connectivity index (χ0n) is 38.3. The van der Waals surface area contributed by atoms with Gasteiger partial charge in [0.25, 0.3) is 21.6 Å².